The number of anilines is 1. The summed E-state index contributed by atoms with van der Waals surface area (Å²) in [6.45, 7) is 7.77. The number of morpholine rings is 1. The van der Waals surface area contributed by atoms with Gasteiger partial charge in [-0.25, -0.2) is 0 Å². The first-order chi connectivity index (χ1) is 16.8. The second-order valence-electron chi connectivity index (χ2n) is 8.22. The summed E-state index contributed by atoms with van der Waals surface area (Å²) in [5.74, 6) is -0.597. The Kier molecular flexibility index (Phi) is 6.92. The number of hydrogen-bond acceptors (Lipinski definition) is 7. The van der Waals surface area contributed by atoms with Crippen molar-refractivity contribution in [2.24, 2.45) is 0 Å². The zero-order chi connectivity index (χ0) is 25.1. The second-order valence-corrected chi connectivity index (χ2v) is 8.22. The molecule has 1 N–H and O–H groups in total. The van der Waals surface area contributed by atoms with Crippen molar-refractivity contribution >= 4 is 23.2 Å². The molecule has 2 amide bonds. The average molecular weight is 482 g/mol. The monoisotopic (exact) mass is 481 g/mol. The Labute approximate surface area is 201 Å². The third-order valence-electron chi connectivity index (χ3n) is 5.94. The summed E-state index contributed by atoms with van der Waals surface area (Å²) in [6, 6.07) is 6.92. The molecule has 3 aromatic rings. The van der Waals surface area contributed by atoms with Crippen LogP contribution >= 0.6 is 0 Å². The number of rotatable bonds is 7. The molecule has 1 fully saturated rings. The highest BCUT2D eigenvalue weighted by Crippen LogP contribution is 2.23. The van der Waals surface area contributed by atoms with Crippen LogP contribution in [0.25, 0.3) is 0 Å². The summed E-state index contributed by atoms with van der Waals surface area (Å²) in [5, 5.41) is 22.6. The molecule has 4 rings (SSSR count). The molecule has 184 valence electrons. The van der Waals surface area contributed by atoms with Crippen LogP contribution in [0.1, 0.15) is 44.7 Å². The lowest BCUT2D eigenvalue weighted by Crippen LogP contribution is -2.41. The van der Waals surface area contributed by atoms with Gasteiger partial charge in [0.15, 0.2) is 0 Å². The van der Waals surface area contributed by atoms with Crippen LogP contribution in [0, 0.1) is 24.0 Å². The van der Waals surface area contributed by atoms with Crippen molar-refractivity contribution in [3.8, 4) is 0 Å². The van der Waals surface area contributed by atoms with Crippen molar-refractivity contribution in [1.82, 2.24) is 24.5 Å². The molecule has 2 aromatic heterocycles. The number of nitrogens with zero attached hydrogens (tertiary/aromatic N) is 6. The molecule has 1 aliphatic rings. The van der Waals surface area contributed by atoms with Crippen molar-refractivity contribution < 1.29 is 19.2 Å². The number of aromatic nitrogens is 4. The van der Waals surface area contributed by atoms with E-state index >= 15 is 0 Å². The molecule has 0 unspecified atom stereocenters. The molecular weight excluding hydrogens is 454 g/mol. The molecule has 0 radical (unpaired) electrons. The minimum atomic E-state index is -0.440. The van der Waals surface area contributed by atoms with E-state index in [9.17, 15) is 19.7 Å². The summed E-state index contributed by atoms with van der Waals surface area (Å²) < 4.78 is 8.45. The smallest absolute Gasteiger partial charge is 0.312 e. The van der Waals surface area contributed by atoms with E-state index in [2.05, 4.69) is 15.5 Å². The van der Waals surface area contributed by atoms with Gasteiger partial charge in [-0.15, -0.1) is 0 Å². The molecule has 0 spiro atoms. The fourth-order valence-corrected chi connectivity index (χ4v) is 4.14. The van der Waals surface area contributed by atoms with Crippen LogP contribution in [0.2, 0.25) is 0 Å². The topological polar surface area (TPSA) is 137 Å². The zero-order valence-electron chi connectivity index (χ0n) is 19.9. The van der Waals surface area contributed by atoms with E-state index < -0.39 is 10.8 Å². The highest BCUT2D eigenvalue weighted by atomic mass is 16.6. The summed E-state index contributed by atoms with van der Waals surface area (Å²) in [7, 11) is 0. The number of benzene rings is 1. The maximum Gasteiger partial charge on any atom is 0.312 e. The Morgan fingerprint density at radius 3 is 2.60 bits per heavy atom. The van der Waals surface area contributed by atoms with Crippen LogP contribution in [0.15, 0.2) is 30.5 Å². The van der Waals surface area contributed by atoms with Crippen LogP contribution in [0.4, 0.5) is 11.4 Å². The molecule has 12 heteroatoms. The number of hydrogen-bond donors (Lipinski definition) is 1. The zero-order valence-corrected chi connectivity index (χ0v) is 19.9. The predicted molar refractivity (Wildman–Crippen MR) is 126 cm³/mol. The minimum absolute atomic E-state index is 0.00991. The molecule has 1 aromatic carbocycles. The first-order valence-corrected chi connectivity index (χ1v) is 11.3. The molecule has 12 nitrogen and oxygen atoms in total. The van der Waals surface area contributed by atoms with Gasteiger partial charge >= 0.3 is 5.69 Å². The number of amides is 2. The van der Waals surface area contributed by atoms with E-state index in [0.29, 0.717) is 61.2 Å². The fourth-order valence-electron chi connectivity index (χ4n) is 4.14. The van der Waals surface area contributed by atoms with E-state index in [1.165, 1.54) is 6.20 Å². The normalized spacial score (nSPS) is 13.6. The molecule has 0 bridgehead atoms. The summed E-state index contributed by atoms with van der Waals surface area (Å²) in [5.41, 5.74) is 2.58. The quantitative estimate of drug-likeness (QED) is 0.404. The molecule has 0 saturated carbocycles. The summed E-state index contributed by atoms with van der Waals surface area (Å²) >= 11 is 0. The number of carbonyl (C=O) groups excluding carboxylic acids is 2. The molecule has 0 aliphatic carbocycles. The third kappa shape index (κ3) is 4.92. The SMILES string of the molecule is CCn1ncc(NC(=O)c2cccc(Cn3nc(C)c([N+](=O)[O-])c3C)c2)c1C(=O)N1CCOCC1. The molecular formula is C23H27N7O5. The van der Waals surface area contributed by atoms with Crippen molar-refractivity contribution in [2.45, 2.75) is 33.9 Å². The van der Waals surface area contributed by atoms with Crippen molar-refractivity contribution in [3.63, 3.8) is 0 Å². The Bertz CT molecular complexity index is 1270. The van der Waals surface area contributed by atoms with Crippen LogP contribution in [-0.2, 0) is 17.8 Å². The first-order valence-electron chi connectivity index (χ1n) is 11.3. The van der Waals surface area contributed by atoms with Crippen molar-refractivity contribution in [2.75, 3.05) is 31.6 Å². The maximum absolute atomic E-state index is 13.1. The lowest BCUT2D eigenvalue weighted by molar-refractivity contribution is -0.386. The number of nitro groups is 1. The van der Waals surface area contributed by atoms with E-state index in [1.807, 2.05) is 13.0 Å². The largest absolute Gasteiger partial charge is 0.378 e. The number of carbonyl (C=O) groups is 2. The standard InChI is InChI=1S/C23H27N7O5/c1-4-28-21(23(32)27-8-10-35-11-9-27)19(13-24-28)25-22(31)18-7-5-6-17(12-18)14-29-16(3)20(30(33)34)15(2)26-29/h5-7,12-13H,4,8-11,14H2,1-3H3,(H,25,31). The van der Waals surface area contributed by atoms with Crippen LogP contribution < -0.4 is 5.32 Å². The van der Waals surface area contributed by atoms with Crippen LogP contribution in [0.3, 0.4) is 0 Å². The van der Waals surface area contributed by atoms with Crippen molar-refractivity contribution in [1.29, 1.82) is 0 Å². The third-order valence-corrected chi connectivity index (χ3v) is 5.94. The van der Waals surface area contributed by atoms with E-state index in [4.69, 9.17) is 4.74 Å². The Hall–Kier alpha value is -4.06. The van der Waals surface area contributed by atoms with Gasteiger partial charge in [0.05, 0.1) is 36.6 Å². The van der Waals surface area contributed by atoms with Gasteiger partial charge in [0, 0.05) is 25.2 Å². The lowest BCUT2D eigenvalue weighted by atomic mass is 10.1. The van der Waals surface area contributed by atoms with Crippen LogP contribution in [0.5, 0.6) is 0 Å². The van der Waals surface area contributed by atoms with Gasteiger partial charge in [-0.3, -0.25) is 29.1 Å². The van der Waals surface area contributed by atoms with Crippen molar-refractivity contribution in [3.05, 3.63) is 68.8 Å². The fraction of sp³-hybridized carbons (Fsp3) is 0.391. The lowest BCUT2D eigenvalue weighted by Gasteiger charge is -2.27. The van der Waals surface area contributed by atoms with E-state index in [-0.39, 0.29) is 18.1 Å². The van der Waals surface area contributed by atoms with Gasteiger partial charge in [-0.05, 0) is 38.5 Å². The predicted octanol–water partition coefficient (Wildman–Crippen LogP) is 2.40. The minimum Gasteiger partial charge on any atom is -0.378 e. The molecule has 0 atom stereocenters. The summed E-state index contributed by atoms with van der Waals surface area (Å²) in [6.07, 6.45) is 1.48. The number of aryl methyl sites for hydroxylation is 2. The molecule has 3 heterocycles. The highest BCUT2D eigenvalue weighted by Gasteiger charge is 2.26. The molecule has 35 heavy (non-hydrogen) atoms. The first kappa shape index (κ1) is 24.1. The Morgan fingerprint density at radius 2 is 1.94 bits per heavy atom. The van der Waals surface area contributed by atoms with E-state index in [1.54, 1.807) is 46.3 Å². The average Bonchev–Trinajstić information content (AvgIpc) is 3.38. The Morgan fingerprint density at radius 1 is 1.20 bits per heavy atom. The van der Waals surface area contributed by atoms with Gasteiger partial charge in [0.2, 0.25) is 0 Å². The highest BCUT2D eigenvalue weighted by molar-refractivity contribution is 6.08. The molecule has 1 aliphatic heterocycles. The second kappa shape index (κ2) is 10.1. The van der Waals surface area contributed by atoms with E-state index in [0.717, 1.165) is 5.56 Å². The molecule has 1 saturated heterocycles. The van der Waals surface area contributed by atoms with Gasteiger partial charge < -0.3 is 15.0 Å². The van der Waals surface area contributed by atoms with Gasteiger partial charge in [0.25, 0.3) is 11.8 Å². The summed E-state index contributed by atoms with van der Waals surface area (Å²) in [4.78, 5) is 38.8. The number of ether oxygens (including phenoxy) is 1. The Balaban J connectivity index is 1.54. The number of nitrogens with one attached hydrogen (secondary N) is 1. The van der Waals surface area contributed by atoms with Gasteiger partial charge in [-0.2, -0.15) is 10.2 Å². The van der Waals surface area contributed by atoms with Gasteiger partial charge in [-0.1, -0.05) is 12.1 Å². The maximum atomic E-state index is 13.1. The van der Waals surface area contributed by atoms with Gasteiger partial charge in [0.1, 0.15) is 17.1 Å². The van der Waals surface area contributed by atoms with Crippen LogP contribution in [-0.4, -0.2) is 67.5 Å².